The molecule has 0 bridgehead atoms. The minimum atomic E-state index is 0.0305. The fraction of sp³-hybridized carbons (Fsp3) is 0.133. The van der Waals surface area contributed by atoms with Gasteiger partial charge in [-0.25, -0.2) is 0 Å². The van der Waals surface area contributed by atoms with Gasteiger partial charge < -0.3 is 0 Å². The van der Waals surface area contributed by atoms with Crippen molar-refractivity contribution in [2.45, 2.75) is 13.8 Å². The van der Waals surface area contributed by atoms with E-state index < -0.39 is 0 Å². The summed E-state index contributed by atoms with van der Waals surface area (Å²) in [7, 11) is 0. The number of ketones is 1. The maximum Gasteiger partial charge on any atom is 0.194 e. The molecular formula is C15H11BrClIO. The van der Waals surface area contributed by atoms with Crippen molar-refractivity contribution in [3.8, 4) is 0 Å². The summed E-state index contributed by atoms with van der Waals surface area (Å²) in [6.07, 6.45) is 0. The summed E-state index contributed by atoms with van der Waals surface area (Å²) in [5, 5.41) is 0.693. The first-order valence-corrected chi connectivity index (χ1v) is 7.91. The number of carbonyl (C=O) groups excluding carboxylic acids is 1. The molecule has 0 radical (unpaired) electrons. The van der Waals surface area contributed by atoms with E-state index in [9.17, 15) is 4.79 Å². The van der Waals surface area contributed by atoms with Gasteiger partial charge in [-0.2, -0.15) is 0 Å². The molecule has 0 aromatic heterocycles. The average molecular weight is 450 g/mol. The first kappa shape index (κ1) is 15.0. The molecule has 0 N–H and O–H groups in total. The summed E-state index contributed by atoms with van der Waals surface area (Å²) in [5.74, 6) is 0.0305. The second-order valence-corrected chi connectivity index (χ2v) is 6.85. The van der Waals surface area contributed by atoms with Gasteiger partial charge in [-0.15, -0.1) is 0 Å². The van der Waals surface area contributed by atoms with E-state index in [1.54, 1.807) is 0 Å². The Morgan fingerprint density at radius 3 is 2.47 bits per heavy atom. The lowest BCUT2D eigenvalue weighted by molar-refractivity contribution is 0.103. The van der Waals surface area contributed by atoms with Gasteiger partial charge in [0.05, 0.1) is 0 Å². The normalized spacial score (nSPS) is 10.6. The fourth-order valence-electron chi connectivity index (χ4n) is 1.84. The third-order valence-corrected chi connectivity index (χ3v) is 4.76. The molecule has 0 aliphatic heterocycles. The van der Waals surface area contributed by atoms with E-state index in [1.165, 1.54) is 0 Å². The predicted molar refractivity (Wildman–Crippen MR) is 91.2 cm³/mol. The van der Waals surface area contributed by atoms with E-state index >= 15 is 0 Å². The molecule has 0 unspecified atom stereocenters. The number of carbonyl (C=O) groups is 1. The number of hydrogen-bond donors (Lipinski definition) is 0. The maximum absolute atomic E-state index is 12.6. The summed E-state index contributed by atoms with van der Waals surface area (Å²) in [6.45, 7) is 3.81. The van der Waals surface area contributed by atoms with Crippen LogP contribution in [0.3, 0.4) is 0 Å². The summed E-state index contributed by atoms with van der Waals surface area (Å²) in [6, 6.07) is 9.41. The topological polar surface area (TPSA) is 17.1 Å². The van der Waals surface area contributed by atoms with Gasteiger partial charge in [0.25, 0.3) is 0 Å². The van der Waals surface area contributed by atoms with Crippen molar-refractivity contribution in [1.82, 2.24) is 0 Å². The zero-order valence-electron chi connectivity index (χ0n) is 10.4. The smallest absolute Gasteiger partial charge is 0.194 e. The van der Waals surface area contributed by atoms with Crippen LogP contribution in [0.1, 0.15) is 27.0 Å². The average Bonchev–Trinajstić information content (AvgIpc) is 2.36. The molecule has 0 spiro atoms. The third-order valence-electron chi connectivity index (χ3n) is 2.92. The van der Waals surface area contributed by atoms with Gasteiger partial charge in [-0.1, -0.05) is 27.5 Å². The molecule has 98 valence electrons. The van der Waals surface area contributed by atoms with Crippen LogP contribution in [-0.4, -0.2) is 5.78 Å². The number of hydrogen-bond acceptors (Lipinski definition) is 1. The third kappa shape index (κ3) is 3.20. The minimum absolute atomic E-state index is 0.0305. The van der Waals surface area contributed by atoms with E-state index in [4.69, 9.17) is 11.6 Å². The fourth-order valence-corrected chi connectivity index (χ4v) is 3.00. The Kier molecular flexibility index (Phi) is 4.69. The molecule has 2 aromatic carbocycles. The van der Waals surface area contributed by atoms with Gasteiger partial charge in [0.1, 0.15) is 0 Å². The lowest BCUT2D eigenvalue weighted by Crippen LogP contribution is -2.06. The SMILES string of the molecule is Cc1cc(C(=O)c2cc(Br)ccc2I)c(C)cc1Cl. The van der Waals surface area contributed by atoms with Crippen molar-refractivity contribution in [3.63, 3.8) is 0 Å². The van der Waals surface area contributed by atoms with Crippen LogP contribution in [0.5, 0.6) is 0 Å². The Hall–Kier alpha value is -0.390. The Balaban J connectivity index is 2.56. The van der Waals surface area contributed by atoms with Crippen LogP contribution < -0.4 is 0 Å². The standard InChI is InChI=1S/C15H11BrClIO/c1-8-6-13(17)9(2)5-11(8)15(19)12-7-10(16)3-4-14(12)18/h3-7H,1-2H3. The van der Waals surface area contributed by atoms with Crippen LogP contribution in [0.25, 0.3) is 0 Å². The summed E-state index contributed by atoms with van der Waals surface area (Å²) in [5.41, 5.74) is 3.23. The molecule has 19 heavy (non-hydrogen) atoms. The van der Waals surface area contributed by atoms with Gasteiger partial charge in [-0.05, 0) is 77.9 Å². The van der Waals surface area contributed by atoms with Crippen LogP contribution >= 0.6 is 50.1 Å². The highest BCUT2D eigenvalue weighted by Crippen LogP contribution is 2.26. The molecule has 0 atom stereocenters. The monoisotopic (exact) mass is 448 g/mol. The Morgan fingerprint density at radius 2 is 1.79 bits per heavy atom. The Morgan fingerprint density at radius 1 is 1.11 bits per heavy atom. The number of aryl methyl sites for hydroxylation is 2. The molecule has 0 heterocycles. The van der Waals surface area contributed by atoms with Crippen LogP contribution in [0.4, 0.5) is 0 Å². The highest BCUT2D eigenvalue weighted by atomic mass is 127. The first-order chi connectivity index (χ1) is 8.90. The van der Waals surface area contributed by atoms with E-state index in [-0.39, 0.29) is 5.78 Å². The quantitative estimate of drug-likeness (QED) is 0.434. The molecule has 0 aliphatic carbocycles. The van der Waals surface area contributed by atoms with Gasteiger partial charge in [0, 0.05) is 24.2 Å². The number of rotatable bonds is 2. The molecule has 0 fully saturated rings. The molecule has 4 heteroatoms. The zero-order chi connectivity index (χ0) is 14.2. The zero-order valence-corrected chi connectivity index (χ0v) is 14.9. The van der Waals surface area contributed by atoms with Crippen LogP contribution in [0.15, 0.2) is 34.8 Å². The van der Waals surface area contributed by atoms with Crippen molar-refractivity contribution < 1.29 is 4.79 Å². The summed E-state index contributed by atoms with van der Waals surface area (Å²) in [4.78, 5) is 12.6. The number of benzene rings is 2. The lowest BCUT2D eigenvalue weighted by atomic mass is 9.97. The Bertz CT molecular complexity index is 667. The van der Waals surface area contributed by atoms with Crippen molar-refractivity contribution in [2.75, 3.05) is 0 Å². The second-order valence-electron chi connectivity index (χ2n) is 4.37. The van der Waals surface area contributed by atoms with Crippen molar-refractivity contribution >= 4 is 55.9 Å². The van der Waals surface area contributed by atoms with Gasteiger partial charge in [0.2, 0.25) is 0 Å². The molecule has 0 saturated heterocycles. The molecule has 1 nitrogen and oxygen atoms in total. The van der Waals surface area contributed by atoms with Gasteiger partial charge in [-0.3, -0.25) is 4.79 Å². The van der Waals surface area contributed by atoms with E-state index in [0.29, 0.717) is 16.1 Å². The maximum atomic E-state index is 12.6. The first-order valence-electron chi connectivity index (χ1n) is 5.66. The molecule has 0 saturated carbocycles. The highest BCUT2D eigenvalue weighted by molar-refractivity contribution is 14.1. The van der Waals surface area contributed by atoms with E-state index in [0.717, 1.165) is 19.2 Å². The Labute approximate surface area is 139 Å². The lowest BCUT2D eigenvalue weighted by Gasteiger charge is -2.10. The molecule has 0 aliphatic rings. The van der Waals surface area contributed by atoms with Crippen molar-refractivity contribution in [3.05, 3.63) is 65.7 Å². The minimum Gasteiger partial charge on any atom is -0.289 e. The molecule has 2 rings (SSSR count). The largest absolute Gasteiger partial charge is 0.289 e. The highest BCUT2D eigenvalue weighted by Gasteiger charge is 2.16. The summed E-state index contributed by atoms with van der Waals surface area (Å²) >= 11 is 11.7. The van der Waals surface area contributed by atoms with E-state index in [2.05, 4.69) is 38.5 Å². The van der Waals surface area contributed by atoms with Gasteiger partial charge in [0.15, 0.2) is 5.78 Å². The molecule has 2 aromatic rings. The molecule has 0 amide bonds. The molecular weight excluding hydrogens is 438 g/mol. The predicted octanol–water partition coefficient (Wildman–Crippen LogP) is 5.55. The summed E-state index contributed by atoms with van der Waals surface area (Å²) < 4.78 is 1.84. The number of halogens is 3. The van der Waals surface area contributed by atoms with E-state index in [1.807, 2.05) is 44.2 Å². The van der Waals surface area contributed by atoms with Crippen LogP contribution in [-0.2, 0) is 0 Å². The van der Waals surface area contributed by atoms with Crippen LogP contribution in [0, 0.1) is 17.4 Å². The van der Waals surface area contributed by atoms with Gasteiger partial charge >= 0.3 is 0 Å². The van der Waals surface area contributed by atoms with Crippen LogP contribution in [0.2, 0.25) is 5.02 Å². The second kappa shape index (κ2) is 5.94. The van der Waals surface area contributed by atoms with Crippen molar-refractivity contribution in [2.24, 2.45) is 0 Å². The van der Waals surface area contributed by atoms with Crippen molar-refractivity contribution in [1.29, 1.82) is 0 Å².